The summed E-state index contributed by atoms with van der Waals surface area (Å²) in [7, 11) is 0. The van der Waals surface area contributed by atoms with E-state index in [1.54, 1.807) is 0 Å². The summed E-state index contributed by atoms with van der Waals surface area (Å²) < 4.78 is 0. The Balaban J connectivity index is -0.000000353. The molecule has 0 spiro atoms. The number of rotatable bonds is 2. The molecule has 0 saturated heterocycles. The van der Waals surface area contributed by atoms with Crippen LogP contribution in [0.25, 0.3) is 0 Å². The lowest BCUT2D eigenvalue weighted by molar-refractivity contribution is 1.20. The van der Waals surface area contributed by atoms with Gasteiger partial charge in [0.05, 0.1) is 0 Å². The lowest BCUT2D eigenvalue weighted by Gasteiger charge is -1.99. The molecular formula is C21H34. The average molecular weight is 287 g/mol. The second-order valence-corrected chi connectivity index (χ2v) is 2.98. The summed E-state index contributed by atoms with van der Waals surface area (Å²) in [5.41, 5.74) is 8.55. The van der Waals surface area contributed by atoms with Gasteiger partial charge in [0.15, 0.2) is 0 Å². The van der Waals surface area contributed by atoms with Crippen molar-refractivity contribution in [3.63, 3.8) is 0 Å². The van der Waals surface area contributed by atoms with Crippen LogP contribution >= 0.6 is 0 Å². The highest BCUT2D eigenvalue weighted by atomic mass is 14.0. The van der Waals surface area contributed by atoms with Gasteiger partial charge < -0.3 is 0 Å². The van der Waals surface area contributed by atoms with Crippen LogP contribution in [0, 0.1) is 0 Å². The van der Waals surface area contributed by atoms with E-state index in [9.17, 15) is 0 Å². The quantitative estimate of drug-likeness (QED) is 0.507. The van der Waals surface area contributed by atoms with E-state index in [0.717, 1.165) is 6.42 Å². The van der Waals surface area contributed by atoms with E-state index in [1.165, 1.54) is 11.1 Å². The fraction of sp³-hybridized carbons (Fsp3) is 0.429. The Morgan fingerprint density at radius 1 is 0.762 bits per heavy atom. The zero-order valence-electron chi connectivity index (χ0n) is 15.3. The minimum Gasteiger partial charge on any atom is -0.0699 e. The highest BCUT2D eigenvalue weighted by Gasteiger charge is 1.95. The second kappa shape index (κ2) is 23.4. The smallest absolute Gasteiger partial charge is 0.00678 e. The van der Waals surface area contributed by atoms with Gasteiger partial charge in [-0.15, -0.1) is 0 Å². The number of benzene rings is 1. The first-order valence-corrected chi connectivity index (χ1v) is 8.36. The summed E-state index contributed by atoms with van der Waals surface area (Å²) in [6, 6.07) is 10.4. The molecule has 1 aromatic carbocycles. The molecule has 0 N–H and O–H groups in total. The molecule has 0 heteroatoms. The van der Waals surface area contributed by atoms with Gasteiger partial charge in [-0.2, -0.15) is 0 Å². The van der Waals surface area contributed by atoms with Crippen molar-refractivity contribution in [1.82, 2.24) is 0 Å². The summed E-state index contributed by atoms with van der Waals surface area (Å²) in [5.74, 6) is 0. The van der Waals surface area contributed by atoms with Gasteiger partial charge in [-0.25, -0.2) is 0 Å². The lowest BCUT2D eigenvalue weighted by Crippen LogP contribution is -1.86. The van der Waals surface area contributed by atoms with E-state index in [2.05, 4.69) is 41.8 Å². The fourth-order valence-electron chi connectivity index (χ4n) is 1.31. The van der Waals surface area contributed by atoms with Crippen LogP contribution in [0.2, 0.25) is 0 Å². The molecule has 0 aliphatic heterocycles. The van der Waals surface area contributed by atoms with Gasteiger partial charge in [0.2, 0.25) is 0 Å². The summed E-state index contributed by atoms with van der Waals surface area (Å²) in [5, 5.41) is 0. The van der Waals surface area contributed by atoms with E-state index in [-0.39, 0.29) is 0 Å². The Kier molecular flexibility index (Phi) is 27.0. The molecule has 1 aromatic rings. The van der Waals surface area contributed by atoms with Gasteiger partial charge in [0, 0.05) is 12.0 Å². The van der Waals surface area contributed by atoms with Crippen molar-refractivity contribution in [1.29, 1.82) is 0 Å². The zero-order valence-corrected chi connectivity index (χ0v) is 15.3. The van der Waals surface area contributed by atoms with Crippen molar-refractivity contribution in [3.05, 3.63) is 71.2 Å². The fourth-order valence-corrected chi connectivity index (χ4v) is 1.31. The molecule has 118 valence electrons. The minimum absolute atomic E-state index is 0.943. The van der Waals surface area contributed by atoms with Crippen LogP contribution in [0.5, 0.6) is 0 Å². The molecule has 0 bridgehead atoms. The van der Waals surface area contributed by atoms with Gasteiger partial charge in [-0.1, -0.05) is 103 Å². The molecule has 0 nitrogen and oxygen atoms in total. The van der Waals surface area contributed by atoms with Gasteiger partial charge in [0.1, 0.15) is 0 Å². The lowest BCUT2D eigenvalue weighted by atomic mass is 10.0. The van der Waals surface area contributed by atoms with E-state index >= 15 is 0 Å². The molecule has 0 saturated carbocycles. The van der Waals surface area contributed by atoms with E-state index in [0.29, 0.717) is 0 Å². The third-order valence-electron chi connectivity index (χ3n) is 1.95. The zero-order chi connectivity index (χ0) is 16.9. The van der Waals surface area contributed by atoms with E-state index in [4.69, 9.17) is 0 Å². The number of hydrogen-bond acceptors (Lipinski definition) is 0. The Morgan fingerprint density at radius 3 is 1.71 bits per heavy atom. The van der Waals surface area contributed by atoms with Crippen LogP contribution in [-0.2, 0) is 6.42 Å². The second-order valence-electron chi connectivity index (χ2n) is 2.98. The van der Waals surface area contributed by atoms with Crippen LogP contribution in [0.4, 0.5) is 0 Å². The molecule has 0 radical (unpaired) electrons. The van der Waals surface area contributed by atoms with Crippen molar-refractivity contribution in [3.8, 4) is 0 Å². The van der Waals surface area contributed by atoms with Crippen LogP contribution in [-0.4, -0.2) is 0 Å². The Hall–Kier alpha value is -1.74. The van der Waals surface area contributed by atoms with Crippen LogP contribution < -0.4 is 0 Å². The highest BCUT2D eigenvalue weighted by molar-refractivity contribution is 5.31. The molecule has 0 atom stereocenters. The van der Waals surface area contributed by atoms with Crippen molar-refractivity contribution >= 4 is 0 Å². The third-order valence-corrected chi connectivity index (χ3v) is 1.95. The predicted octanol–water partition coefficient (Wildman–Crippen LogP) is 7.14. The predicted molar refractivity (Wildman–Crippen MR) is 99.8 cm³/mol. The van der Waals surface area contributed by atoms with E-state index < -0.39 is 0 Å². The molecule has 0 fully saturated rings. The SMILES string of the molecule is C1=C=C(Cc2ccccc2)C=CC=1.CC.CC.CC.CC. The maximum Gasteiger partial charge on any atom is 0.00678 e. The van der Waals surface area contributed by atoms with Crippen LogP contribution in [0.3, 0.4) is 0 Å². The Morgan fingerprint density at radius 2 is 1.29 bits per heavy atom. The third kappa shape index (κ3) is 14.5. The average Bonchev–Trinajstić information content (AvgIpc) is 2.64. The van der Waals surface area contributed by atoms with Crippen molar-refractivity contribution in [2.45, 2.75) is 61.8 Å². The molecule has 1 aliphatic rings. The molecule has 1 aliphatic carbocycles. The summed E-state index contributed by atoms with van der Waals surface area (Å²) in [4.78, 5) is 0. The van der Waals surface area contributed by atoms with Crippen LogP contribution in [0.1, 0.15) is 61.0 Å². The Labute approximate surface area is 133 Å². The minimum atomic E-state index is 0.943. The summed E-state index contributed by atoms with van der Waals surface area (Å²) in [6.45, 7) is 16.0. The maximum absolute atomic E-state index is 3.09. The molecule has 21 heavy (non-hydrogen) atoms. The topological polar surface area (TPSA) is 0 Å². The summed E-state index contributed by atoms with van der Waals surface area (Å²) >= 11 is 0. The van der Waals surface area contributed by atoms with Crippen molar-refractivity contribution in [2.24, 2.45) is 0 Å². The molecule has 0 heterocycles. The largest absolute Gasteiger partial charge is 0.0699 e. The van der Waals surface area contributed by atoms with Gasteiger partial charge in [-0.3, -0.25) is 0 Å². The van der Waals surface area contributed by atoms with Crippen molar-refractivity contribution in [2.75, 3.05) is 0 Å². The molecular weight excluding hydrogens is 252 g/mol. The van der Waals surface area contributed by atoms with E-state index in [1.807, 2.05) is 73.6 Å². The first-order chi connectivity index (χ1) is 10.4. The molecule has 0 amide bonds. The Bertz CT molecular complexity index is 409. The standard InChI is InChI=1S/C13H10.4C2H6/c1-3-7-12(8-4-1)11-13-9-5-2-6-10-13;4*1-2/h1-5,7-9H,11H2;4*1-2H3. The monoisotopic (exact) mass is 286 g/mol. The molecule has 0 unspecified atom stereocenters. The van der Waals surface area contributed by atoms with Gasteiger partial charge in [-0.05, 0) is 17.7 Å². The number of allylic oxidation sites excluding steroid dienone is 4. The van der Waals surface area contributed by atoms with Crippen LogP contribution in [0.15, 0.2) is 65.6 Å². The van der Waals surface area contributed by atoms with Gasteiger partial charge in [0.25, 0.3) is 0 Å². The first-order valence-electron chi connectivity index (χ1n) is 8.36. The number of hydrogen-bond donors (Lipinski definition) is 0. The first kappa shape index (κ1) is 24.3. The normalized spacial score (nSPS) is 9.24. The maximum atomic E-state index is 3.09. The molecule has 0 aromatic heterocycles. The summed E-state index contributed by atoms with van der Waals surface area (Å²) in [6.07, 6.45) is 6.88. The van der Waals surface area contributed by atoms with Crippen molar-refractivity contribution < 1.29 is 0 Å². The highest BCUT2D eigenvalue weighted by Crippen LogP contribution is 2.08. The van der Waals surface area contributed by atoms with Gasteiger partial charge >= 0.3 is 0 Å². The molecule has 2 rings (SSSR count).